The molecule has 0 spiro atoms. The molecule has 0 atom stereocenters. The van der Waals surface area contributed by atoms with Crippen molar-refractivity contribution in [2.24, 2.45) is 0 Å². The van der Waals surface area contributed by atoms with E-state index in [1.54, 1.807) is 4.57 Å². The lowest BCUT2D eigenvalue weighted by Gasteiger charge is -2.08. The molecule has 2 rings (SSSR count). The van der Waals surface area contributed by atoms with Crippen molar-refractivity contribution >= 4 is 35.7 Å². The molecule has 1 aromatic heterocycles. The minimum Gasteiger partial charge on any atom is -0.492 e. The fourth-order valence-electron chi connectivity index (χ4n) is 1.81. The van der Waals surface area contributed by atoms with Crippen LogP contribution >= 0.6 is 26.6 Å². The van der Waals surface area contributed by atoms with E-state index in [1.807, 2.05) is 31.2 Å². The zero-order chi connectivity index (χ0) is 15.5. The van der Waals surface area contributed by atoms with Crippen molar-refractivity contribution in [3.05, 3.63) is 40.8 Å². The monoisotopic (exact) mass is 392 g/mol. The third-order valence-electron chi connectivity index (χ3n) is 2.82. The molecule has 0 amide bonds. The van der Waals surface area contributed by atoms with Gasteiger partial charge in [-0.2, -0.15) is 0 Å². The Morgan fingerprint density at radius 2 is 2.00 bits per heavy atom. The van der Waals surface area contributed by atoms with Gasteiger partial charge in [-0.15, -0.1) is 0 Å². The predicted molar refractivity (Wildman–Crippen MR) is 84.3 cm³/mol. The van der Waals surface area contributed by atoms with Gasteiger partial charge >= 0.3 is 0 Å². The van der Waals surface area contributed by atoms with Crippen molar-refractivity contribution in [1.82, 2.24) is 9.55 Å². The summed E-state index contributed by atoms with van der Waals surface area (Å²) in [4.78, 5) is 4.02. The number of rotatable bonds is 6. The Morgan fingerprint density at radius 3 is 2.57 bits per heavy atom. The van der Waals surface area contributed by atoms with Gasteiger partial charge in [-0.25, -0.2) is 13.4 Å². The van der Waals surface area contributed by atoms with E-state index in [0.29, 0.717) is 25.4 Å². The maximum absolute atomic E-state index is 11.3. The Hall–Kier alpha value is -1.05. The highest BCUT2D eigenvalue weighted by atomic mass is 79.9. The van der Waals surface area contributed by atoms with Gasteiger partial charge in [0.2, 0.25) is 0 Å². The molecule has 1 aromatic carbocycles. The number of halogens is 2. The first-order chi connectivity index (χ1) is 9.90. The molecule has 0 fully saturated rings. The summed E-state index contributed by atoms with van der Waals surface area (Å²) in [6.07, 6.45) is 2.05. The summed E-state index contributed by atoms with van der Waals surface area (Å²) in [5.41, 5.74) is 0. The highest BCUT2D eigenvalue weighted by Gasteiger charge is 2.16. The Bertz CT molecular complexity index is 714. The smallest absolute Gasteiger partial charge is 0.280 e. The highest BCUT2D eigenvalue weighted by molar-refractivity contribution is 9.10. The van der Waals surface area contributed by atoms with Gasteiger partial charge in [0.1, 0.15) is 18.2 Å². The second-order valence-corrected chi connectivity index (χ2v) is 7.71. The van der Waals surface area contributed by atoms with Crippen LogP contribution in [0.5, 0.6) is 5.75 Å². The number of benzene rings is 1. The Kier molecular flexibility index (Phi) is 5.29. The molecule has 0 N–H and O–H groups in total. The largest absolute Gasteiger partial charge is 0.492 e. The Labute approximate surface area is 136 Å². The van der Waals surface area contributed by atoms with Gasteiger partial charge in [-0.3, -0.25) is 0 Å². The van der Waals surface area contributed by atoms with E-state index >= 15 is 0 Å². The average Bonchev–Trinajstić information content (AvgIpc) is 2.84. The van der Waals surface area contributed by atoms with E-state index in [1.165, 1.54) is 6.20 Å². The lowest BCUT2D eigenvalue weighted by atomic mass is 10.3. The van der Waals surface area contributed by atoms with Crippen LogP contribution < -0.4 is 4.74 Å². The average molecular weight is 394 g/mol. The van der Waals surface area contributed by atoms with Crippen molar-refractivity contribution in [3.8, 4) is 5.75 Å². The first kappa shape index (κ1) is 16.3. The Balaban J connectivity index is 2.02. The van der Waals surface area contributed by atoms with E-state index in [2.05, 4.69) is 20.9 Å². The standard InChI is InChI=1S/C13H14BrClN2O3S/c1-2-12-16-13(21(15,18)19)9-17(12)7-8-20-11-5-3-10(14)4-6-11/h3-6,9H,2,7-8H2,1H3. The van der Waals surface area contributed by atoms with Gasteiger partial charge in [0.25, 0.3) is 9.05 Å². The van der Waals surface area contributed by atoms with Gasteiger partial charge in [0.05, 0.1) is 6.54 Å². The molecule has 0 saturated heterocycles. The molecule has 0 unspecified atom stereocenters. The zero-order valence-corrected chi connectivity index (χ0v) is 14.4. The van der Waals surface area contributed by atoms with Gasteiger partial charge < -0.3 is 9.30 Å². The van der Waals surface area contributed by atoms with Crippen molar-refractivity contribution in [3.63, 3.8) is 0 Å². The minimum absolute atomic E-state index is 0.121. The van der Waals surface area contributed by atoms with E-state index < -0.39 is 9.05 Å². The predicted octanol–water partition coefficient (Wildman–Crippen LogP) is 3.21. The van der Waals surface area contributed by atoms with Crippen LogP contribution in [0.25, 0.3) is 0 Å². The number of nitrogens with zero attached hydrogens (tertiary/aromatic N) is 2. The summed E-state index contributed by atoms with van der Waals surface area (Å²) in [5.74, 6) is 1.41. The van der Waals surface area contributed by atoms with Crippen LogP contribution in [-0.2, 0) is 22.0 Å². The molecule has 0 aliphatic heterocycles. The molecule has 0 radical (unpaired) electrons. The number of aryl methyl sites for hydroxylation is 1. The Morgan fingerprint density at radius 1 is 1.33 bits per heavy atom. The number of hydrogen-bond acceptors (Lipinski definition) is 4. The van der Waals surface area contributed by atoms with Crippen LogP contribution in [-0.4, -0.2) is 24.6 Å². The summed E-state index contributed by atoms with van der Waals surface area (Å²) < 4.78 is 30.9. The minimum atomic E-state index is -3.80. The fraction of sp³-hybridized carbons (Fsp3) is 0.308. The van der Waals surface area contributed by atoms with Crippen LogP contribution in [0.3, 0.4) is 0 Å². The molecular weight excluding hydrogens is 380 g/mol. The van der Waals surface area contributed by atoms with Crippen LogP contribution in [0.1, 0.15) is 12.7 Å². The second-order valence-electron chi connectivity index (χ2n) is 4.28. The van der Waals surface area contributed by atoms with E-state index in [9.17, 15) is 8.42 Å². The molecule has 1 heterocycles. The fourth-order valence-corrected chi connectivity index (χ4v) is 2.77. The molecule has 21 heavy (non-hydrogen) atoms. The summed E-state index contributed by atoms with van der Waals surface area (Å²) in [6.45, 7) is 2.81. The highest BCUT2D eigenvalue weighted by Crippen LogP contribution is 2.17. The molecule has 0 aliphatic carbocycles. The zero-order valence-electron chi connectivity index (χ0n) is 11.3. The van der Waals surface area contributed by atoms with Crippen molar-refractivity contribution in [1.29, 1.82) is 0 Å². The van der Waals surface area contributed by atoms with Crippen LogP contribution in [0.2, 0.25) is 0 Å². The molecule has 0 bridgehead atoms. The third kappa shape index (κ3) is 4.46. The molecule has 5 nitrogen and oxygen atoms in total. The molecule has 0 aliphatic rings. The normalized spacial score (nSPS) is 11.6. The van der Waals surface area contributed by atoms with Crippen molar-refractivity contribution in [2.75, 3.05) is 6.61 Å². The lowest BCUT2D eigenvalue weighted by Crippen LogP contribution is -2.10. The van der Waals surface area contributed by atoms with Gasteiger partial charge in [-0.05, 0) is 24.3 Å². The van der Waals surface area contributed by atoms with Crippen molar-refractivity contribution < 1.29 is 13.2 Å². The number of hydrogen-bond donors (Lipinski definition) is 0. The summed E-state index contributed by atoms with van der Waals surface area (Å²) >= 11 is 3.35. The lowest BCUT2D eigenvalue weighted by molar-refractivity contribution is 0.296. The maximum Gasteiger partial charge on any atom is 0.280 e. The summed E-state index contributed by atoms with van der Waals surface area (Å²) in [6, 6.07) is 7.49. The molecule has 0 saturated carbocycles. The number of aromatic nitrogens is 2. The molecular formula is C13H14BrClN2O3S. The summed E-state index contributed by atoms with van der Waals surface area (Å²) in [5, 5.41) is -0.121. The van der Waals surface area contributed by atoms with E-state index in [0.717, 1.165) is 10.2 Å². The second kappa shape index (κ2) is 6.81. The third-order valence-corrected chi connectivity index (χ3v) is 4.52. The van der Waals surface area contributed by atoms with Gasteiger partial charge in [-0.1, -0.05) is 22.9 Å². The van der Waals surface area contributed by atoms with Gasteiger partial charge in [0.15, 0.2) is 5.03 Å². The first-order valence-electron chi connectivity index (χ1n) is 6.29. The van der Waals surface area contributed by atoms with Gasteiger partial charge in [0, 0.05) is 27.8 Å². The van der Waals surface area contributed by atoms with Crippen LogP contribution in [0, 0.1) is 0 Å². The van der Waals surface area contributed by atoms with Crippen LogP contribution in [0.15, 0.2) is 40.0 Å². The number of ether oxygens (including phenoxy) is 1. The first-order valence-corrected chi connectivity index (χ1v) is 9.39. The summed E-state index contributed by atoms with van der Waals surface area (Å²) in [7, 11) is 1.50. The SMILES string of the molecule is CCc1nc(S(=O)(=O)Cl)cn1CCOc1ccc(Br)cc1. The van der Waals surface area contributed by atoms with E-state index in [-0.39, 0.29) is 5.03 Å². The molecule has 2 aromatic rings. The topological polar surface area (TPSA) is 61.2 Å². The number of imidazole rings is 1. The quantitative estimate of drug-likeness (QED) is 0.707. The maximum atomic E-state index is 11.3. The van der Waals surface area contributed by atoms with Crippen molar-refractivity contribution in [2.45, 2.75) is 24.9 Å². The molecule has 114 valence electrons. The van der Waals surface area contributed by atoms with E-state index in [4.69, 9.17) is 15.4 Å². The molecule has 8 heteroatoms. The van der Waals surface area contributed by atoms with Crippen LogP contribution in [0.4, 0.5) is 0 Å².